The van der Waals surface area contributed by atoms with Crippen LogP contribution < -0.4 is 4.90 Å². The van der Waals surface area contributed by atoms with Gasteiger partial charge < -0.3 is 9.80 Å². The summed E-state index contributed by atoms with van der Waals surface area (Å²) in [6.45, 7) is 2.43. The van der Waals surface area contributed by atoms with E-state index in [1.807, 2.05) is 18.2 Å². The van der Waals surface area contributed by atoms with E-state index in [9.17, 15) is 4.79 Å². The predicted octanol–water partition coefficient (Wildman–Crippen LogP) is 2.62. The number of hydrogen-bond acceptors (Lipinski definition) is 6. The molecule has 9 heteroatoms. The molecule has 2 aromatic heterocycles. The van der Waals surface area contributed by atoms with Crippen molar-refractivity contribution in [2.75, 3.05) is 24.5 Å². The number of anilines is 1. The minimum atomic E-state index is 0.0640. The van der Waals surface area contributed by atoms with Crippen LogP contribution in [-0.2, 0) is 11.2 Å². The van der Waals surface area contributed by atoms with Gasteiger partial charge in [0.25, 0.3) is 0 Å². The van der Waals surface area contributed by atoms with Crippen LogP contribution >= 0.6 is 11.6 Å². The maximum atomic E-state index is 13.3. The highest BCUT2D eigenvalue weighted by Crippen LogP contribution is 2.30. The molecule has 0 radical (unpaired) electrons. The summed E-state index contributed by atoms with van der Waals surface area (Å²) in [4.78, 5) is 21.9. The lowest BCUT2D eigenvalue weighted by atomic mass is 9.94. The number of hydrogen-bond donors (Lipinski definition) is 0. The number of fused-ring (bicyclic) bond motifs is 1. The van der Waals surface area contributed by atoms with E-state index in [-0.39, 0.29) is 12.0 Å². The van der Waals surface area contributed by atoms with Crippen molar-refractivity contribution in [1.29, 1.82) is 0 Å². The van der Waals surface area contributed by atoms with Crippen molar-refractivity contribution in [2.24, 2.45) is 5.92 Å². The molecule has 1 amide bonds. The number of halogens is 1. The van der Waals surface area contributed by atoms with Gasteiger partial charge in [-0.2, -0.15) is 4.52 Å². The van der Waals surface area contributed by atoms with Gasteiger partial charge in [0.1, 0.15) is 0 Å². The van der Waals surface area contributed by atoms with Gasteiger partial charge in [0.2, 0.25) is 5.91 Å². The highest BCUT2D eigenvalue weighted by atomic mass is 35.5. The molecule has 1 aromatic carbocycles. The SMILES string of the molecule is O=C(C1CCN(c2cncc3nnnn23)CC1)N1CCC[C@@H]1Cc1ccccc1Cl. The Bertz CT molecular complexity index is 1050. The maximum absolute atomic E-state index is 13.3. The number of amides is 1. The Balaban J connectivity index is 1.24. The third kappa shape index (κ3) is 3.60. The number of aromatic nitrogens is 5. The fourth-order valence-corrected chi connectivity index (χ4v) is 4.94. The lowest BCUT2D eigenvalue weighted by Crippen LogP contribution is -2.45. The van der Waals surface area contributed by atoms with E-state index in [2.05, 4.69) is 36.4 Å². The number of rotatable bonds is 4. The van der Waals surface area contributed by atoms with Gasteiger partial charge in [-0.1, -0.05) is 29.8 Å². The molecule has 0 bridgehead atoms. The first-order valence-corrected chi connectivity index (χ1v) is 10.9. The lowest BCUT2D eigenvalue weighted by molar-refractivity contribution is -0.137. The third-order valence-corrected chi connectivity index (χ3v) is 6.70. The van der Waals surface area contributed by atoms with Gasteiger partial charge in [-0.25, -0.2) is 0 Å². The van der Waals surface area contributed by atoms with E-state index in [4.69, 9.17) is 11.6 Å². The van der Waals surface area contributed by atoms with Crippen LogP contribution in [0.5, 0.6) is 0 Å². The molecule has 2 saturated heterocycles. The Morgan fingerprint density at radius 1 is 1.10 bits per heavy atom. The first-order valence-electron chi connectivity index (χ1n) is 10.5. The maximum Gasteiger partial charge on any atom is 0.226 e. The molecule has 30 heavy (non-hydrogen) atoms. The van der Waals surface area contributed by atoms with Crippen LogP contribution in [-0.4, -0.2) is 61.5 Å². The Morgan fingerprint density at radius 2 is 1.93 bits per heavy atom. The summed E-state index contributed by atoms with van der Waals surface area (Å²) in [6, 6.07) is 8.19. The Kier molecular flexibility index (Phi) is 5.25. The van der Waals surface area contributed by atoms with Gasteiger partial charge in [-0.3, -0.25) is 9.78 Å². The summed E-state index contributed by atoms with van der Waals surface area (Å²) in [5, 5.41) is 12.5. The van der Waals surface area contributed by atoms with Crippen LogP contribution in [0.25, 0.3) is 5.65 Å². The van der Waals surface area contributed by atoms with Crippen LogP contribution in [0.3, 0.4) is 0 Å². The highest BCUT2D eigenvalue weighted by molar-refractivity contribution is 6.31. The molecule has 1 atom stereocenters. The molecule has 3 aromatic rings. The number of likely N-dealkylation sites (tertiary alicyclic amines) is 1. The first-order chi connectivity index (χ1) is 14.7. The smallest absolute Gasteiger partial charge is 0.226 e. The number of nitrogens with zero attached hydrogens (tertiary/aromatic N) is 7. The summed E-state index contributed by atoms with van der Waals surface area (Å²) < 4.78 is 1.70. The van der Waals surface area contributed by atoms with Crippen molar-refractivity contribution < 1.29 is 4.79 Å². The highest BCUT2D eigenvalue weighted by Gasteiger charge is 2.35. The lowest BCUT2D eigenvalue weighted by Gasteiger charge is -2.35. The molecule has 0 N–H and O–H groups in total. The standard InChI is InChI=1S/C21H24ClN7O/c22-18-6-2-1-4-16(18)12-17-5-3-9-28(17)21(30)15-7-10-27(11-8-15)20-14-23-13-19-24-25-26-29(19)20/h1-2,4,6,13-15,17H,3,5,7-12H2/t17-/m1/s1. The van der Waals surface area contributed by atoms with E-state index < -0.39 is 0 Å². The van der Waals surface area contributed by atoms with Crippen molar-refractivity contribution in [2.45, 2.75) is 38.1 Å². The monoisotopic (exact) mass is 425 g/mol. The quantitative estimate of drug-likeness (QED) is 0.639. The van der Waals surface area contributed by atoms with E-state index in [1.165, 1.54) is 0 Å². The Morgan fingerprint density at radius 3 is 2.77 bits per heavy atom. The Labute approximate surface area is 179 Å². The zero-order chi connectivity index (χ0) is 20.5. The van der Waals surface area contributed by atoms with Gasteiger partial charge in [-0.15, -0.1) is 5.10 Å². The molecule has 8 nitrogen and oxygen atoms in total. The average molecular weight is 426 g/mol. The summed E-state index contributed by atoms with van der Waals surface area (Å²) in [5.74, 6) is 1.23. The fourth-order valence-electron chi connectivity index (χ4n) is 4.72. The van der Waals surface area contributed by atoms with Crippen molar-refractivity contribution in [3.05, 3.63) is 47.2 Å². The normalized spacial score (nSPS) is 20.2. The molecule has 4 heterocycles. The van der Waals surface area contributed by atoms with Gasteiger partial charge in [0.15, 0.2) is 11.5 Å². The number of benzene rings is 1. The number of tetrazole rings is 1. The second-order valence-electron chi connectivity index (χ2n) is 8.10. The van der Waals surface area contributed by atoms with Crippen LogP contribution in [0.2, 0.25) is 5.02 Å². The van der Waals surface area contributed by atoms with Crippen LogP contribution in [0.15, 0.2) is 36.7 Å². The minimum Gasteiger partial charge on any atom is -0.355 e. The molecule has 0 saturated carbocycles. The van der Waals surface area contributed by atoms with Crippen molar-refractivity contribution in [3.8, 4) is 0 Å². The number of carbonyl (C=O) groups excluding carboxylic acids is 1. The molecular formula is C21H24ClN7O. The van der Waals surface area contributed by atoms with Crippen molar-refractivity contribution in [3.63, 3.8) is 0 Å². The summed E-state index contributed by atoms with van der Waals surface area (Å²) in [7, 11) is 0. The molecule has 2 fully saturated rings. The van der Waals surface area contributed by atoms with Gasteiger partial charge in [-0.05, 0) is 54.2 Å². The van der Waals surface area contributed by atoms with Gasteiger partial charge in [0, 0.05) is 36.6 Å². The van der Waals surface area contributed by atoms with E-state index >= 15 is 0 Å². The van der Waals surface area contributed by atoms with Crippen molar-refractivity contribution in [1.82, 2.24) is 29.9 Å². The molecular weight excluding hydrogens is 402 g/mol. The van der Waals surface area contributed by atoms with Crippen LogP contribution in [0, 0.1) is 5.92 Å². The zero-order valence-electron chi connectivity index (χ0n) is 16.7. The third-order valence-electron chi connectivity index (χ3n) is 6.33. The molecule has 5 rings (SSSR count). The fraction of sp³-hybridized carbons (Fsp3) is 0.476. The van der Waals surface area contributed by atoms with Gasteiger partial charge >= 0.3 is 0 Å². The second-order valence-corrected chi connectivity index (χ2v) is 8.51. The average Bonchev–Trinajstić information content (AvgIpc) is 3.44. The second kappa shape index (κ2) is 8.18. The Hall–Kier alpha value is -2.74. The molecule has 156 valence electrons. The van der Waals surface area contributed by atoms with Crippen molar-refractivity contribution >= 4 is 29.0 Å². The first kappa shape index (κ1) is 19.2. The largest absolute Gasteiger partial charge is 0.355 e. The topological polar surface area (TPSA) is 79.5 Å². The molecule has 2 aliphatic heterocycles. The summed E-state index contributed by atoms with van der Waals surface area (Å²) in [5.41, 5.74) is 1.76. The predicted molar refractivity (Wildman–Crippen MR) is 113 cm³/mol. The van der Waals surface area contributed by atoms with Crippen LogP contribution in [0.1, 0.15) is 31.2 Å². The molecule has 0 spiro atoms. The molecule has 0 unspecified atom stereocenters. The van der Waals surface area contributed by atoms with E-state index in [0.717, 1.165) is 68.1 Å². The van der Waals surface area contributed by atoms with Gasteiger partial charge in [0.05, 0.1) is 12.4 Å². The molecule has 0 aliphatic carbocycles. The number of carbonyl (C=O) groups is 1. The zero-order valence-corrected chi connectivity index (χ0v) is 17.4. The minimum absolute atomic E-state index is 0.0640. The van der Waals surface area contributed by atoms with E-state index in [0.29, 0.717) is 11.6 Å². The molecule has 2 aliphatic rings. The van der Waals surface area contributed by atoms with E-state index in [1.54, 1.807) is 16.9 Å². The van der Waals surface area contributed by atoms with Crippen LogP contribution in [0.4, 0.5) is 5.82 Å². The summed E-state index contributed by atoms with van der Waals surface area (Å²) >= 11 is 6.36. The number of piperidine rings is 1. The summed E-state index contributed by atoms with van der Waals surface area (Å²) in [6.07, 6.45) is 8.02.